The van der Waals surface area contributed by atoms with Gasteiger partial charge in [0.25, 0.3) is 5.91 Å². The Morgan fingerprint density at radius 1 is 0.830 bits per heavy atom. The number of hydrogen-bond acceptors (Lipinski definition) is 7. The van der Waals surface area contributed by atoms with Crippen LogP contribution in [0.5, 0.6) is 0 Å². The molecular weight excluding hydrogens is 622 g/mol. The Hall–Kier alpha value is -4.14. The molecule has 3 atom stereocenters. The highest BCUT2D eigenvalue weighted by atomic mass is 31.1. The van der Waals surface area contributed by atoms with Gasteiger partial charge in [-0.2, -0.15) is 0 Å². The highest BCUT2D eigenvalue weighted by Crippen LogP contribution is 2.31. The molecule has 1 fully saturated rings. The molecule has 1 unspecified atom stereocenters. The van der Waals surface area contributed by atoms with E-state index in [2.05, 4.69) is 5.32 Å². The van der Waals surface area contributed by atoms with E-state index in [1.54, 1.807) is 12.1 Å². The van der Waals surface area contributed by atoms with Crippen LogP contribution in [0, 0.1) is 5.82 Å². The number of unbranched alkanes of at least 4 members (excludes halogenated alkanes) is 2. The van der Waals surface area contributed by atoms with E-state index >= 15 is 0 Å². The zero-order chi connectivity index (χ0) is 33.3. The number of benzene rings is 3. The van der Waals surface area contributed by atoms with E-state index in [1.807, 2.05) is 60.7 Å². The zero-order valence-electron chi connectivity index (χ0n) is 26.6. The van der Waals surface area contributed by atoms with Crippen LogP contribution in [0.4, 0.5) is 9.18 Å². The number of carbonyl (C=O) groups is 3. The molecule has 1 aliphatic rings. The minimum absolute atomic E-state index is 0.114. The van der Waals surface area contributed by atoms with Gasteiger partial charge in [-0.05, 0) is 84.8 Å². The highest BCUT2D eigenvalue weighted by molar-refractivity contribution is 7.39. The van der Waals surface area contributed by atoms with Gasteiger partial charge in [-0.1, -0.05) is 72.8 Å². The van der Waals surface area contributed by atoms with E-state index in [4.69, 9.17) is 14.0 Å². The lowest BCUT2D eigenvalue weighted by Gasteiger charge is -2.25. The molecule has 0 radical (unpaired) electrons. The van der Waals surface area contributed by atoms with Gasteiger partial charge in [-0.25, -0.2) is 14.0 Å². The number of alkyl carbamates (subject to hydrolysis) is 1. The Morgan fingerprint density at radius 2 is 1.49 bits per heavy atom. The van der Waals surface area contributed by atoms with Gasteiger partial charge in [0.05, 0.1) is 0 Å². The van der Waals surface area contributed by atoms with Crippen molar-refractivity contribution in [1.29, 1.82) is 0 Å². The minimum atomic E-state index is -2.14. The van der Waals surface area contributed by atoms with Crippen molar-refractivity contribution in [3.63, 3.8) is 0 Å². The van der Waals surface area contributed by atoms with Gasteiger partial charge in [0.1, 0.15) is 25.1 Å². The molecule has 250 valence electrons. The first-order chi connectivity index (χ1) is 22.9. The second kappa shape index (κ2) is 19.5. The largest absolute Gasteiger partial charge is 0.508 e. The summed E-state index contributed by atoms with van der Waals surface area (Å²) in [4.78, 5) is 40.3. The fourth-order valence-corrected chi connectivity index (χ4v) is 6.41. The average molecular weight is 666 g/mol. The smallest absolute Gasteiger partial charge is 0.459 e. The number of rotatable bonds is 18. The first-order valence-electron chi connectivity index (χ1n) is 16.2. The maximum absolute atomic E-state index is 13.7. The predicted octanol–water partition coefficient (Wildman–Crippen LogP) is 7.11. The van der Waals surface area contributed by atoms with E-state index in [9.17, 15) is 23.3 Å². The normalized spacial score (nSPS) is 15.1. The van der Waals surface area contributed by atoms with Crippen molar-refractivity contribution in [1.82, 2.24) is 10.2 Å². The number of esters is 1. The van der Waals surface area contributed by atoms with Gasteiger partial charge < -0.3 is 19.7 Å². The number of aryl methyl sites for hydroxylation is 1. The van der Waals surface area contributed by atoms with Gasteiger partial charge in [0.2, 0.25) is 0 Å². The quantitative estimate of drug-likeness (QED) is 0.0876. The van der Waals surface area contributed by atoms with Gasteiger partial charge in [0, 0.05) is 13.1 Å². The Labute approximate surface area is 276 Å². The number of nitrogens with zero attached hydrogens (tertiary/aromatic N) is 1. The molecule has 0 aliphatic carbocycles. The third kappa shape index (κ3) is 12.5. The average Bonchev–Trinajstić information content (AvgIpc) is 3.59. The second-order valence-electron chi connectivity index (χ2n) is 11.5. The van der Waals surface area contributed by atoms with Crippen LogP contribution in [0.2, 0.25) is 0 Å². The summed E-state index contributed by atoms with van der Waals surface area (Å²) in [5, 5.41) is 2.72. The molecule has 3 aromatic carbocycles. The number of carbonyl (C=O) groups excluding carboxylic acids is 3. The van der Waals surface area contributed by atoms with Gasteiger partial charge in [-0.15, -0.1) is 4.52 Å². The van der Waals surface area contributed by atoms with Crippen LogP contribution in [0.15, 0.2) is 84.9 Å². The van der Waals surface area contributed by atoms with E-state index < -0.39 is 32.2 Å². The van der Waals surface area contributed by atoms with Crippen LogP contribution < -0.4 is 5.32 Å². The molecule has 47 heavy (non-hydrogen) atoms. The predicted molar refractivity (Wildman–Crippen MR) is 176 cm³/mol. The minimum Gasteiger partial charge on any atom is -0.459 e. The Bertz CT molecular complexity index is 1430. The van der Waals surface area contributed by atoms with Crippen molar-refractivity contribution < 1.29 is 37.3 Å². The maximum atomic E-state index is 13.7. The van der Waals surface area contributed by atoms with Crippen molar-refractivity contribution in [2.24, 2.45) is 0 Å². The molecule has 3 aromatic rings. The van der Waals surface area contributed by atoms with E-state index in [0.717, 1.165) is 23.1 Å². The van der Waals surface area contributed by atoms with Crippen molar-refractivity contribution in [2.45, 2.75) is 76.7 Å². The van der Waals surface area contributed by atoms with Crippen molar-refractivity contribution in [3.05, 3.63) is 107 Å². The lowest BCUT2D eigenvalue weighted by atomic mass is 10.1. The number of amides is 2. The molecule has 2 amide bonds. The number of ether oxygens (including phenoxy) is 2. The molecule has 1 N–H and O–H groups in total. The van der Waals surface area contributed by atoms with E-state index in [0.29, 0.717) is 51.6 Å². The molecular formula is C36H43FN2O7P+. The summed E-state index contributed by atoms with van der Waals surface area (Å²) in [6, 6.07) is 24.3. The summed E-state index contributed by atoms with van der Waals surface area (Å²) in [5.41, 5.74) is 2.73. The molecule has 1 saturated heterocycles. The van der Waals surface area contributed by atoms with Crippen molar-refractivity contribution in [2.75, 3.05) is 19.3 Å². The monoisotopic (exact) mass is 665 g/mol. The lowest BCUT2D eigenvalue weighted by Crippen LogP contribution is -2.46. The Balaban J connectivity index is 1.27. The summed E-state index contributed by atoms with van der Waals surface area (Å²) in [6.07, 6.45) is 3.28. The molecule has 0 saturated carbocycles. The summed E-state index contributed by atoms with van der Waals surface area (Å²) in [5.74, 6) is -1.14. The molecule has 0 aromatic heterocycles. The van der Waals surface area contributed by atoms with E-state index in [1.165, 1.54) is 17.0 Å². The highest BCUT2D eigenvalue weighted by Gasteiger charge is 2.41. The van der Waals surface area contributed by atoms with Crippen LogP contribution >= 0.6 is 8.03 Å². The van der Waals surface area contributed by atoms with Crippen LogP contribution in [0.3, 0.4) is 0 Å². The fourth-order valence-electron chi connectivity index (χ4n) is 5.34. The van der Waals surface area contributed by atoms with Crippen LogP contribution in [-0.4, -0.2) is 54.3 Å². The molecule has 4 rings (SSSR count). The molecule has 11 heteroatoms. The van der Waals surface area contributed by atoms with Crippen LogP contribution in [-0.2, 0) is 47.8 Å². The summed E-state index contributed by atoms with van der Waals surface area (Å²) >= 11 is 0. The topological polar surface area (TPSA) is 111 Å². The fraction of sp³-hybridized carbons (Fsp3) is 0.417. The first kappa shape index (κ1) is 35.7. The molecule has 1 aliphatic heterocycles. The zero-order valence-corrected chi connectivity index (χ0v) is 27.5. The Morgan fingerprint density at radius 3 is 2.17 bits per heavy atom. The molecule has 0 spiro atoms. The van der Waals surface area contributed by atoms with E-state index in [-0.39, 0.29) is 37.5 Å². The SMILES string of the molecule is O=C(NCCCC[C@H](O[P+](=O)CCCCc1ccc(F)cc1)C(=O)N1CCC[C@H]1C(=O)OCc1ccccc1)OCc1ccccc1. The summed E-state index contributed by atoms with van der Waals surface area (Å²) in [6.45, 7) is 0.997. The standard InChI is InChI=1S/C36H42FN2O7P/c37-31-21-19-28(20-22-31)12-8-10-25-47(43)46-33(18-7-9-23-38-36(42)45-27-30-15-5-2-6-16-30)34(40)39-24-11-17-32(39)35(41)44-26-29-13-3-1-4-14-29/h1-6,13-16,19-22,32-33H,7-12,17-18,23-27H2/p+1/t32-,33-/m0/s1. The lowest BCUT2D eigenvalue weighted by molar-refractivity contribution is -0.156. The van der Waals surface area contributed by atoms with Gasteiger partial charge >= 0.3 is 20.1 Å². The third-order valence-corrected chi connectivity index (χ3v) is 9.07. The summed E-state index contributed by atoms with van der Waals surface area (Å²) in [7, 11) is -2.14. The van der Waals surface area contributed by atoms with Crippen molar-refractivity contribution in [3.8, 4) is 0 Å². The number of likely N-dealkylation sites (tertiary alicyclic amines) is 1. The first-order valence-corrected chi connectivity index (χ1v) is 17.6. The number of nitrogens with one attached hydrogen (secondary N) is 1. The molecule has 9 nitrogen and oxygen atoms in total. The maximum Gasteiger partial charge on any atom is 0.508 e. The molecule has 1 heterocycles. The van der Waals surface area contributed by atoms with Gasteiger partial charge in [-0.3, -0.25) is 4.79 Å². The van der Waals surface area contributed by atoms with Gasteiger partial charge in [0.15, 0.2) is 12.3 Å². The number of halogens is 1. The summed E-state index contributed by atoms with van der Waals surface area (Å²) < 4.78 is 42.8. The van der Waals surface area contributed by atoms with Crippen LogP contribution in [0.1, 0.15) is 61.6 Å². The van der Waals surface area contributed by atoms with Crippen molar-refractivity contribution >= 4 is 26.0 Å². The second-order valence-corrected chi connectivity index (χ2v) is 12.8. The molecule has 0 bridgehead atoms. The Kier molecular flexibility index (Phi) is 14.8. The number of hydrogen-bond donors (Lipinski definition) is 1. The third-order valence-electron chi connectivity index (χ3n) is 7.90. The van der Waals surface area contributed by atoms with Crippen LogP contribution in [0.25, 0.3) is 0 Å².